The Morgan fingerprint density at radius 3 is 0.692 bits per heavy atom. The second-order valence-corrected chi connectivity index (χ2v) is 15.2. The molecule has 1 aromatic rings. The van der Waals surface area contributed by atoms with E-state index in [1.165, 1.54) is 0 Å². The van der Waals surface area contributed by atoms with Crippen molar-refractivity contribution in [1.29, 1.82) is 0 Å². The first-order valence-corrected chi connectivity index (χ1v) is 15.9. The third-order valence-electron chi connectivity index (χ3n) is 5.92. The average Bonchev–Trinajstić information content (AvgIpc) is 2.74. The summed E-state index contributed by atoms with van der Waals surface area (Å²) >= 11 is 37.8. The fourth-order valence-electron chi connectivity index (χ4n) is 4.75. The molecular weight excluding hydrogens is 627 g/mol. The molecule has 0 saturated carbocycles. The lowest BCUT2D eigenvalue weighted by Crippen LogP contribution is -2.35. The predicted molar refractivity (Wildman–Crippen MR) is 169 cm³/mol. The van der Waals surface area contributed by atoms with Gasteiger partial charge in [0.1, 0.15) is 17.2 Å². The van der Waals surface area contributed by atoms with Crippen LogP contribution in [0.5, 0.6) is 17.2 Å². The predicted octanol–water partition coefficient (Wildman–Crippen LogP) is 6.97. The molecule has 0 radical (unpaired) electrons. The van der Waals surface area contributed by atoms with Gasteiger partial charge in [-0.2, -0.15) is 0 Å². The van der Waals surface area contributed by atoms with Gasteiger partial charge in [-0.3, -0.25) is 14.7 Å². The summed E-state index contributed by atoms with van der Waals surface area (Å²) in [5.41, 5.74) is 0.883. The number of halogens is 6. The monoisotopic (exact) mass is 669 g/mol. The number of nitrogens with zero attached hydrogens (tertiary/aromatic N) is 3. The van der Waals surface area contributed by atoms with Crippen LogP contribution in [0.3, 0.4) is 0 Å². The number of phenolic OH excluding ortho intramolecular Hbond substituents is 3. The largest absolute Gasteiger partial charge is 0.507 e. The van der Waals surface area contributed by atoms with Crippen molar-refractivity contribution in [3.63, 3.8) is 0 Å². The van der Waals surface area contributed by atoms with E-state index >= 15 is 0 Å². The molecule has 0 aliphatic heterocycles. The Morgan fingerprint density at radius 1 is 0.410 bits per heavy atom. The van der Waals surface area contributed by atoms with E-state index in [1.54, 1.807) is 0 Å². The minimum atomic E-state index is -0.183. The van der Waals surface area contributed by atoms with Crippen molar-refractivity contribution in [2.75, 3.05) is 39.3 Å². The van der Waals surface area contributed by atoms with Crippen LogP contribution in [0.4, 0.5) is 0 Å². The summed E-state index contributed by atoms with van der Waals surface area (Å²) in [6, 6.07) is 0. The molecule has 0 fully saturated rings. The molecule has 6 atom stereocenters. The molecule has 0 aromatic heterocycles. The molecule has 0 aliphatic carbocycles. The molecule has 0 unspecified atom stereocenters. The van der Waals surface area contributed by atoms with Crippen LogP contribution in [0.1, 0.15) is 58.2 Å². The Labute approximate surface area is 265 Å². The van der Waals surface area contributed by atoms with Gasteiger partial charge in [-0.25, -0.2) is 0 Å². The molecular formula is C27H45Cl6N3O3. The minimum absolute atomic E-state index is 0.180. The summed E-state index contributed by atoms with van der Waals surface area (Å²) in [5.74, 6) is -0.540. The van der Waals surface area contributed by atoms with Crippen LogP contribution in [0.25, 0.3) is 0 Å². The highest BCUT2D eigenvalue weighted by Gasteiger charge is 2.28. The van der Waals surface area contributed by atoms with Gasteiger partial charge in [0, 0.05) is 91.2 Å². The molecule has 228 valence electrons. The van der Waals surface area contributed by atoms with Crippen LogP contribution < -0.4 is 0 Å². The molecule has 0 heterocycles. The lowest BCUT2D eigenvalue weighted by atomic mass is 9.98. The standard InChI is InChI=1S/C27H45Cl6N3O3/c1-16(28)7-34(8-17(2)29)13-22-25(37)23(14-35(9-18(3)30)10-19(4)31)27(39)24(26(22)38)15-36(11-20(5)32)12-21(6)33/h16-21,37-39H,7-15H2,1-6H3/t16-,17-,18-,19-,20-,21-/m1/s1. The fourth-order valence-corrected chi connectivity index (χ4v) is 5.92. The molecule has 0 amide bonds. The van der Waals surface area contributed by atoms with Gasteiger partial charge < -0.3 is 15.3 Å². The molecule has 0 bridgehead atoms. The Kier molecular flexibility index (Phi) is 17.2. The molecule has 0 saturated heterocycles. The summed E-state index contributed by atoms with van der Waals surface area (Å²) in [6.07, 6.45) is 0. The van der Waals surface area contributed by atoms with Crippen LogP contribution in [0.2, 0.25) is 0 Å². The van der Waals surface area contributed by atoms with E-state index in [4.69, 9.17) is 69.6 Å². The smallest absolute Gasteiger partial charge is 0.132 e. The number of hydrogen-bond donors (Lipinski definition) is 3. The normalized spacial score (nSPS) is 17.0. The first-order valence-electron chi connectivity index (χ1n) is 13.3. The highest BCUT2D eigenvalue weighted by Crippen LogP contribution is 2.44. The van der Waals surface area contributed by atoms with Gasteiger partial charge in [0.25, 0.3) is 0 Å². The molecule has 12 heteroatoms. The number of hydrogen-bond acceptors (Lipinski definition) is 6. The second-order valence-electron chi connectivity index (χ2n) is 10.7. The molecule has 6 nitrogen and oxygen atoms in total. The Morgan fingerprint density at radius 2 is 0.564 bits per heavy atom. The molecule has 3 N–H and O–H groups in total. The van der Waals surface area contributed by atoms with E-state index in [0.29, 0.717) is 56.0 Å². The minimum Gasteiger partial charge on any atom is -0.507 e. The van der Waals surface area contributed by atoms with E-state index < -0.39 is 0 Å². The maximum absolute atomic E-state index is 11.5. The highest BCUT2D eigenvalue weighted by atomic mass is 35.5. The average molecular weight is 672 g/mol. The number of aromatic hydroxyl groups is 3. The van der Waals surface area contributed by atoms with Crippen LogP contribution in [0.15, 0.2) is 0 Å². The summed E-state index contributed by atoms with van der Waals surface area (Å²) in [5, 5.41) is 33.3. The molecule has 0 spiro atoms. The summed E-state index contributed by atoms with van der Waals surface area (Å²) in [6.45, 7) is 14.7. The van der Waals surface area contributed by atoms with Crippen molar-refractivity contribution in [2.45, 2.75) is 93.4 Å². The van der Waals surface area contributed by atoms with E-state index in [0.717, 1.165) is 0 Å². The van der Waals surface area contributed by atoms with Crippen molar-refractivity contribution >= 4 is 69.6 Å². The van der Waals surface area contributed by atoms with E-state index in [-0.39, 0.29) is 69.1 Å². The first-order chi connectivity index (χ1) is 18.0. The van der Waals surface area contributed by atoms with Gasteiger partial charge in [0.2, 0.25) is 0 Å². The Hall–Kier alpha value is 0.240. The van der Waals surface area contributed by atoms with Gasteiger partial charge in [0.15, 0.2) is 0 Å². The zero-order valence-electron chi connectivity index (χ0n) is 23.8. The van der Waals surface area contributed by atoms with Gasteiger partial charge in [0.05, 0.1) is 16.7 Å². The molecule has 1 aromatic carbocycles. The SMILES string of the molecule is C[C@@H](Cl)CN(Cc1c(O)c(CN(C[C@@H](C)Cl)C[C@@H](C)Cl)c(O)c(CN(C[C@@H](C)Cl)C[C@@H](C)Cl)c1O)C[C@@H](C)Cl. The maximum atomic E-state index is 11.5. The fraction of sp³-hybridized carbons (Fsp3) is 0.778. The number of phenols is 3. The van der Waals surface area contributed by atoms with E-state index in [9.17, 15) is 15.3 Å². The summed E-state index contributed by atoms with van der Waals surface area (Å²) < 4.78 is 0. The quantitative estimate of drug-likeness (QED) is 0.147. The lowest BCUT2D eigenvalue weighted by molar-refractivity contribution is 0.243. The third kappa shape index (κ3) is 13.8. The molecule has 39 heavy (non-hydrogen) atoms. The van der Waals surface area contributed by atoms with Gasteiger partial charge in [-0.15, -0.1) is 69.6 Å². The highest BCUT2D eigenvalue weighted by molar-refractivity contribution is 6.21. The second kappa shape index (κ2) is 18.0. The van der Waals surface area contributed by atoms with Gasteiger partial charge in [-0.05, 0) is 41.5 Å². The summed E-state index contributed by atoms with van der Waals surface area (Å²) in [7, 11) is 0. The van der Waals surface area contributed by atoms with E-state index in [2.05, 4.69) is 0 Å². The van der Waals surface area contributed by atoms with Crippen LogP contribution in [-0.2, 0) is 19.6 Å². The molecule has 1 rings (SSSR count). The lowest BCUT2D eigenvalue weighted by Gasteiger charge is -2.31. The van der Waals surface area contributed by atoms with Crippen LogP contribution >= 0.6 is 69.6 Å². The summed E-state index contributed by atoms with van der Waals surface area (Å²) in [4.78, 5) is 5.94. The van der Waals surface area contributed by atoms with E-state index in [1.807, 2.05) is 56.2 Å². The number of benzene rings is 1. The van der Waals surface area contributed by atoms with Gasteiger partial charge in [-0.1, -0.05) is 0 Å². The topological polar surface area (TPSA) is 70.4 Å². The number of alkyl halides is 6. The maximum Gasteiger partial charge on any atom is 0.132 e. The first kappa shape index (κ1) is 37.3. The van der Waals surface area contributed by atoms with Crippen LogP contribution in [-0.4, -0.2) is 102 Å². The third-order valence-corrected chi connectivity index (χ3v) is 6.75. The van der Waals surface area contributed by atoms with Crippen LogP contribution in [0, 0.1) is 0 Å². The zero-order chi connectivity index (χ0) is 30.0. The Balaban J connectivity index is 3.72. The van der Waals surface area contributed by atoms with Crippen molar-refractivity contribution < 1.29 is 15.3 Å². The van der Waals surface area contributed by atoms with Crippen molar-refractivity contribution in [1.82, 2.24) is 14.7 Å². The zero-order valence-corrected chi connectivity index (χ0v) is 28.3. The number of rotatable bonds is 18. The van der Waals surface area contributed by atoms with Crippen molar-refractivity contribution in [2.24, 2.45) is 0 Å². The molecule has 0 aliphatic rings. The van der Waals surface area contributed by atoms with Crippen molar-refractivity contribution in [3.05, 3.63) is 16.7 Å². The van der Waals surface area contributed by atoms with Crippen molar-refractivity contribution in [3.8, 4) is 17.2 Å². The Bertz CT molecular complexity index is 711. The van der Waals surface area contributed by atoms with Gasteiger partial charge >= 0.3 is 0 Å².